The second-order valence-electron chi connectivity index (χ2n) is 3.30. The summed E-state index contributed by atoms with van der Waals surface area (Å²) in [5, 5.41) is 9.59. The maximum Gasteiger partial charge on any atom is 0.233 e. The standard InChI is InChI=1S/C8H16N4OS/c1-6(2)12(4-3-5-13)8-10-7(9)11-14-8/h6,13H,3-5H2,1-2H3,(H2,9,11). The first-order valence-corrected chi connectivity index (χ1v) is 5.39. The average Bonchev–Trinajstić information content (AvgIpc) is 2.52. The van der Waals surface area contributed by atoms with Crippen molar-refractivity contribution in [2.75, 3.05) is 23.8 Å². The number of anilines is 2. The summed E-state index contributed by atoms with van der Waals surface area (Å²) in [5.41, 5.74) is 5.46. The van der Waals surface area contributed by atoms with Gasteiger partial charge in [-0.3, -0.25) is 0 Å². The van der Waals surface area contributed by atoms with Crippen molar-refractivity contribution >= 4 is 22.6 Å². The van der Waals surface area contributed by atoms with Crippen LogP contribution in [0.15, 0.2) is 0 Å². The monoisotopic (exact) mass is 216 g/mol. The number of aliphatic hydroxyl groups is 1. The second kappa shape index (κ2) is 5.11. The van der Waals surface area contributed by atoms with Gasteiger partial charge < -0.3 is 15.7 Å². The Balaban J connectivity index is 2.67. The third-order valence-electron chi connectivity index (χ3n) is 1.86. The molecule has 1 rings (SSSR count). The number of hydrogen-bond acceptors (Lipinski definition) is 6. The van der Waals surface area contributed by atoms with Gasteiger partial charge in [0.15, 0.2) is 0 Å². The second-order valence-corrected chi connectivity index (χ2v) is 4.03. The van der Waals surface area contributed by atoms with E-state index < -0.39 is 0 Å². The van der Waals surface area contributed by atoms with E-state index in [1.165, 1.54) is 11.5 Å². The smallest absolute Gasteiger partial charge is 0.233 e. The van der Waals surface area contributed by atoms with Crippen LogP contribution >= 0.6 is 11.5 Å². The largest absolute Gasteiger partial charge is 0.396 e. The molecule has 0 saturated carbocycles. The van der Waals surface area contributed by atoms with Crippen molar-refractivity contribution in [2.45, 2.75) is 26.3 Å². The fraction of sp³-hybridized carbons (Fsp3) is 0.750. The Morgan fingerprint density at radius 1 is 1.57 bits per heavy atom. The molecule has 1 heterocycles. The molecular weight excluding hydrogens is 200 g/mol. The Morgan fingerprint density at radius 3 is 2.71 bits per heavy atom. The minimum Gasteiger partial charge on any atom is -0.396 e. The topological polar surface area (TPSA) is 75.3 Å². The Kier molecular flexibility index (Phi) is 4.09. The Bertz CT molecular complexity index is 276. The van der Waals surface area contributed by atoms with Crippen molar-refractivity contribution < 1.29 is 5.11 Å². The molecule has 0 aliphatic carbocycles. The molecular formula is C8H16N4OS. The van der Waals surface area contributed by atoms with E-state index in [-0.39, 0.29) is 6.61 Å². The predicted molar refractivity (Wildman–Crippen MR) is 58.5 cm³/mol. The number of nitrogens with zero attached hydrogens (tertiary/aromatic N) is 3. The quantitative estimate of drug-likeness (QED) is 0.758. The number of nitrogens with two attached hydrogens (primary N) is 1. The molecule has 0 spiro atoms. The Labute approximate surface area is 87.7 Å². The summed E-state index contributed by atoms with van der Waals surface area (Å²) >= 11 is 1.29. The lowest BCUT2D eigenvalue weighted by molar-refractivity contribution is 0.288. The van der Waals surface area contributed by atoms with Crippen LogP contribution in [0.3, 0.4) is 0 Å². The van der Waals surface area contributed by atoms with Gasteiger partial charge in [-0.1, -0.05) is 0 Å². The minimum absolute atomic E-state index is 0.192. The first-order chi connectivity index (χ1) is 6.65. The summed E-state index contributed by atoms with van der Waals surface area (Å²) < 4.78 is 3.93. The third-order valence-corrected chi connectivity index (χ3v) is 2.62. The molecule has 0 atom stereocenters. The zero-order valence-corrected chi connectivity index (χ0v) is 9.29. The van der Waals surface area contributed by atoms with Crippen molar-refractivity contribution in [3.05, 3.63) is 0 Å². The molecule has 0 fully saturated rings. The molecule has 0 aliphatic heterocycles. The zero-order chi connectivity index (χ0) is 10.6. The molecule has 1 aromatic heterocycles. The molecule has 5 nitrogen and oxygen atoms in total. The van der Waals surface area contributed by atoms with Gasteiger partial charge >= 0.3 is 0 Å². The average molecular weight is 216 g/mol. The minimum atomic E-state index is 0.192. The molecule has 0 bridgehead atoms. The van der Waals surface area contributed by atoms with E-state index in [4.69, 9.17) is 10.8 Å². The summed E-state index contributed by atoms with van der Waals surface area (Å²) in [6.07, 6.45) is 0.734. The maximum absolute atomic E-state index is 8.77. The summed E-state index contributed by atoms with van der Waals surface area (Å²) in [6, 6.07) is 0.342. The van der Waals surface area contributed by atoms with Gasteiger partial charge in [-0.25, -0.2) is 0 Å². The van der Waals surface area contributed by atoms with Gasteiger partial charge in [-0.15, -0.1) is 0 Å². The Morgan fingerprint density at radius 2 is 2.29 bits per heavy atom. The van der Waals surface area contributed by atoms with E-state index >= 15 is 0 Å². The van der Waals surface area contributed by atoms with Crippen molar-refractivity contribution in [1.29, 1.82) is 0 Å². The normalized spacial score (nSPS) is 10.9. The summed E-state index contributed by atoms with van der Waals surface area (Å²) in [6.45, 7) is 5.13. The number of nitrogen functional groups attached to an aromatic ring is 1. The van der Waals surface area contributed by atoms with E-state index in [1.54, 1.807) is 0 Å². The molecule has 6 heteroatoms. The van der Waals surface area contributed by atoms with E-state index in [2.05, 4.69) is 28.1 Å². The van der Waals surface area contributed by atoms with Gasteiger partial charge in [0.25, 0.3) is 0 Å². The lowest BCUT2D eigenvalue weighted by Crippen LogP contribution is -2.32. The number of aromatic nitrogens is 2. The Hall–Kier alpha value is -0.880. The van der Waals surface area contributed by atoms with Crippen LogP contribution in [-0.4, -0.2) is 33.7 Å². The number of rotatable bonds is 5. The third kappa shape index (κ3) is 2.81. The highest BCUT2D eigenvalue weighted by Crippen LogP contribution is 2.20. The molecule has 0 unspecified atom stereocenters. The van der Waals surface area contributed by atoms with E-state index in [0.29, 0.717) is 12.0 Å². The van der Waals surface area contributed by atoms with Gasteiger partial charge in [0.05, 0.1) is 0 Å². The molecule has 0 aromatic carbocycles. The number of aliphatic hydroxyl groups excluding tert-OH is 1. The first kappa shape index (κ1) is 11.2. The molecule has 80 valence electrons. The van der Waals surface area contributed by atoms with Gasteiger partial charge in [-0.05, 0) is 20.3 Å². The predicted octanol–water partition coefficient (Wildman–Crippen LogP) is 0.718. The van der Waals surface area contributed by atoms with Crippen LogP contribution in [0.2, 0.25) is 0 Å². The molecule has 0 aliphatic rings. The van der Waals surface area contributed by atoms with Crippen LogP contribution in [0, 0.1) is 0 Å². The highest BCUT2D eigenvalue weighted by molar-refractivity contribution is 7.09. The molecule has 0 amide bonds. The van der Waals surface area contributed by atoms with Crippen molar-refractivity contribution in [2.24, 2.45) is 0 Å². The van der Waals surface area contributed by atoms with Gasteiger partial charge in [-0.2, -0.15) is 9.36 Å². The molecule has 3 N–H and O–H groups in total. The summed E-state index contributed by atoms with van der Waals surface area (Å²) in [5.74, 6) is 0.319. The first-order valence-electron chi connectivity index (χ1n) is 4.62. The van der Waals surface area contributed by atoms with Crippen molar-refractivity contribution in [1.82, 2.24) is 9.36 Å². The summed E-state index contributed by atoms with van der Waals surface area (Å²) in [7, 11) is 0. The fourth-order valence-corrected chi connectivity index (χ4v) is 1.92. The van der Waals surface area contributed by atoms with Crippen molar-refractivity contribution in [3.8, 4) is 0 Å². The van der Waals surface area contributed by atoms with E-state index in [9.17, 15) is 0 Å². The highest BCUT2D eigenvalue weighted by atomic mass is 32.1. The van der Waals surface area contributed by atoms with Crippen LogP contribution in [0.5, 0.6) is 0 Å². The molecule has 0 saturated heterocycles. The lowest BCUT2D eigenvalue weighted by atomic mass is 10.3. The zero-order valence-electron chi connectivity index (χ0n) is 8.47. The summed E-state index contributed by atoms with van der Waals surface area (Å²) in [4.78, 5) is 6.20. The fourth-order valence-electron chi connectivity index (χ4n) is 1.16. The molecule has 1 aromatic rings. The van der Waals surface area contributed by atoms with E-state index in [1.807, 2.05) is 0 Å². The van der Waals surface area contributed by atoms with Crippen LogP contribution in [-0.2, 0) is 0 Å². The molecule has 0 radical (unpaired) electrons. The van der Waals surface area contributed by atoms with Crippen LogP contribution < -0.4 is 10.6 Å². The van der Waals surface area contributed by atoms with Crippen LogP contribution in [0.1, 0.15) is 20.3 Å². The van der Waals surface area contributed by atoms with E-state index in [0.717, 1.165) is 18.1 Å². The van der Waals surface area contributed by atoms with Gasteiger partial charge in [0.1, 0.15) is 0 Å². The van der Waals surface area contributed by atoms with Crippen LogP contribution in [0.4, 0.5) is 11.1 Å². The highest BCUT2D eigenvalue weighted by Gasteiger charge is 2.14. The van der Waals surface area contributed by atoms with Gasteiger partial charge in [0.2, 0.25) is 11.1 Å². The lowest BCUT2D eigenvalue weighted by Gasteiger charge is -2.25. The molecule has 14 heavy (non-hydrogen) atoms. The SMILES string of the molecule is CC(C)N(CCCO)c1nc(N)ns1. The number of hydrogen-bond donors (Lipinski definition) is 2. The van der Waals surface area contributed by atoms with Gasteiger partial charge in [0, 0.05) is 30.7 Å². The van der Waals surface area contributed by atoms with Crippen LogP contribution in [0.25, 0.3) is 0 Å². The maximum atomic E-state index is 8.77. The van der Waals surface area contributed by atoms with Crippen molar-refractivity contribution in [3.63, 3.8) is 0 Å².